The Bertz CT molecular complexity index is 765. The summed E-state index contributed by atoms with van der Waals surface area (Å²) in [7, 11) is 1.84. The van der Waals surface area contributed by atoms with Crippen LogP contribution in [-0.4, -0.2) is 84.7 Å². The van der Waals surface area contributed by atoms with Crippen LogP contribution in [0.15, 0.2) is 29.3 Å². The van der Waals surface area contributed by atoms with Crippen LogP contribution in [0.5, 0.6) is 0 Å². The minimum absolute atomic E-state index is 0. The molecular formula is C21H36IN7. The molecule has 0 amide bonds. The Morgan fingerprint density at radius 3 is 2.45 bits per heavy atom. The van der Waals surface area contributed by atoms with Crippen LogP contribution >= 0.6 is 24.0 Å². The number of likely N-dealkylation sites (N-methyl/N-ethyl adjacent to an activating group) is 1. The van der Waals surface area contributed by atoms with Crippen molar-refractivity contribution in [3.8, 4) is 0 Å². The summed E-state index contributed by atoms with van der Waals surface area (Å²) in [5.41, 5.74) is 2.29. The zero-order valence-electron chi connectivity index (χ0n) is 18.0. The van der Waals surface area contributed by atoms with Crippen LogP contribution in [0.2, 0.25) is 0 Å². The zero-order valence-corrected chi connectivity index (χ0v) is 20.4. The summed E-state index contributed by atoms with van der Waals surface area (Å²) >= 11 is 0. The van der Waals surface area contributed by atoms with Crippen molar-refractivity contribution in [3.05, 3.63) is 30.1 Å². The Hall–Kier alpha value is -1.39. The quantitative estimate of drug-likeness (QED) is 0.245. The van der Waals surface area contributed by atoms with E-state index in [0.717, 1.165) is 56.4 Å². The molecule has 2 aromatic rings. The number of guanidine groups is 1. The summed E-state index contributed by atoms with van der Waals surface area (Å²) in [6.07, 6.45) is 1.03. The van der Waals surface area contributed by atoms with Crippen molar-refractivity contribution in [1.29, 1.82) is 0 Å². The molecule has 0 bridgehead atoms. The summed E-state index contributed by atoms with van der Waals surface area (Å²) in [6.45, 7) is 14.0. The molecule has 0 atom stereocenters. The van der Waals surface area contributed by atoms with Crippen LogP contribution in [0.3, 0.4) is 0 Å². The number of rotatable bonds is 8. The van der Waals surface area contributed by atoms with Gasteiger partial charge in [-0.25, -0.2) is 4.98 Å². The van der Waals surface area contributed by atoms with E-state index in [0.29, 0.717) is 0 Å². The summed E-state index contributed by atoms with van der Waals surface area (Å²) < 4.78 is 2.29. The molecule has 1 aromatic carbocycles. The number of aryl methyl sites for hydroxylation is 2. The van der Waals surface area contributed by atoms with E-state index in [-0.39, 0.29) is 24.0 Å². The maximum Gasteiger partial charge on any atom is 0.191 e. The molecule has 3 rings (SSSR count). The molecule has 1 fully saturated rings. The lowest BCUT2D eigenvalue weighted by molar-refractivity contribution is 0.139. The van der Waals surface area contributed by atoms with Crippen LogP contribution < -0.4 is 10.6 Å². The highest BCUT2D eigenvalue weighted by molar-refractivity contribution is 14.0. The second kappa shape index (κ2) is 12.3. The van der Waals surface area contributed by atoms with Crippen molar-refractivity contribution < 1.29 is 0 Å². The average molecular weight is 513 g/mol. The van der Waals surface area contributed by atoms with E-state index in [1.54, 1.807) is 0 Å². The first kappa shape index (κ1) is 23.9. The molecule has 0 radical (unpaired) electrons. The monoisotopic (exact) mass is 513 g/mol. The van der Waals surface area contributed by atoms with Gasteiger partial charge in [-0.15, -0.1) is 24.0 Å². The fraction of sp³-hybridized carbons (Fsp3) is 0.619. The lowest BCUT2D eigenvalue weighted by atomic mass is 10.3. The predicted octanol–water partition coefficient (Wildman–Crippen LogP) is 2.16. The minimum atomic E-state index is 0. The SMILES string of the molecule is CCN1CCN(CCNC(=NC)NCCCn2c(C)nc3ccccc32)CC1.I. The normalized spacial score (nSPS) is 16.0. The van der Waals surface area contributed by atoms with Gasteiger partial charge in [0.1, 0.15) is 5.82 Å². The number of aliphatic imine (C=N–C) groups is 1. The number of nitrogens with zero attached hydrogens (tertiary/aromatic N) is 5. The van der Waals surface area contributed by atoms with Crippen molar-refractivity contribution in [3.63, 3.8) is 0 Å². The Kier molecular flexibility index (Phi) is 10.2. The van der Waals surface area contributed by atoms with Gasteiger partial charge >= 0.3 is 0 Å². The average Bonchev–Trinajstić information content (AvgIpc) is 3.05. The number of imidazole rings is 1. The Labute approximate surface area is 192 Å². The van der Waals surface area contributed by atoms with Crippen LogP contribution in [0, 0.1) is 6.92 Å². The van der Waals surface area contributed by atoms with E-state index < -0.39 is 0 Å². The first-order valence-electron chi connectivity index (χ1n) is 10.5. The van der Waals surface area contributed by atoms with Crippen molar-refractivity contribution in [2.24, 2.45) is 4.99 Å². The number of fused-ring (bicyclic) bond motifs is 1. The molecule has 162 valence electrons. The molecule has 8 heteroatoms. The number of nitrogens with one attached hydrogen (secondary N) is 2. The van der Waals surface area contributed by atoms with Crippen LogP contribution in [0.1, 0.15) is 19.2 Å². The zero-order chi connectivity index (χ0) is 19.8. The van der Waals surface area contributed by atoms with Gasteiger partial charge in [0.25, 0.3) is 0 Å². The Balaban J connectivity index is 0.00000300. The Morgan fingerprint density at radius 2 is 1.72 bits per heavy atom. The third-order valence-electron chi connectivity index (χ3n) is 5.55. The van der Waals surface area contributed by atoms with E-state index in [1.807, 2.05) is 13.1 Å². The molecule has 2 N–H and O–H groups in total. The summed E-state index contributed by atoms with van der Waals surface area (Å²) in [5.74, 6) is 1.96. The molecule has 1 aromatic heterocycles. The lowest BCUT2D eigenvalue weighted by Crippen LogP contribution is -2.49. The number of para-hydroxylation sites is 2. The molecule has 2 heterocycles. The highest BCUT2D eigenvalue weighted by atomic mass is 127. The molecule has 0 spiro atoms. The van der Waals surface area contributed by atoms with Gasteiger partial charge in [0.15, 0.2) is 5.96 Å². The van der Waals surface area contributed by atoms with Crippen LogP contribution in [0.4, 0.5) is 0 Å². The van der Waals surface area contributed by atoms with Crippen LogP contribution in [-0.2, 0) is 6.54 Å². The van der Waals surface area contributed by atoms with E-state index in [1.165, 1.54) is 31.7 Å². The topological polar surface area (TPSA) is 60.7 Å². The van der Waals surface area contributed by atoms with Gasteiger partial charge in [-0.3, -0.25) is 9.89 Å². The minimum Gasteiger partial charge on any atom is -0.356 e. The number of aromatic nitrogens is 2. The molecule has 1 saturated heterocycles. The Morgan fingerprint density at radius 1 is 1.03 bits per heavy atom. The van der Waals surface area contributed by atoms with Gasteiger partial charge < -0.3 is 20.1 Å². The summed E-state index contributed by atoms with van der Waals surface area (Å²) in [6, 6.07) is 8.33. The van der Waals surface area contributed by atoms with E-state index in [9.17, 15) is 0 Å². The maximum absolute atomic E-state index is 4.64. The fourth-order valence-corrected chi connectivity index (χ4v) is 3.80. The van der Waals surface area contributed by atoms with Crippen molar-refractivity contribution in [2.45, 2.75) is 26.8 Å². The second-order valence-electron chi connectivity index (χ2n) is 7.35. The smallest absolute Gasteiger partial charge is 0.191 e. The van der Waals surface area contributed by atoms with E-state index in [4.69, 9.17) is 0 Å². The van der Waals surface area contributed by atoms with Gasteiger partial charge in [0, 0.05) is 59.4 Å². The van der Waals surface area contributed by atoms with Gasteiger partial charge in [0.05, 0.1) is 11.0 Å². The molecule has 0 aliphatic carbocycles. The molecule has 0 unspecified atom stereocenters. The largest absolute Gasteiger partial charge is 0.356 e. The molecule has 7 nitrogen and oxygen atoms in total. The molecule has 29 heavy (non-hydrogen) atoms. The highest BCUT2D eigenvalue weighted by Crippen LogP contribution is 2.15. The number of benzene rings is 1. The molecule has 0 saturated carbocycles. The number of piperazine rings is 1. The van der Waals surface area contributed by atoms with Gasteiger partial charge in [-0.1, -0.05) is 19.1 Å². The number of hydrogen-bond acceptors (Lipinski definition) is 4. The van der Waals surface area contributed by atoms with E-state index in [2.05, 4.69) is 67.0 Å². The fourth-order valence-electron chi connectivity index (χ4n) is 3.80. The van der Waals surface area contributed by atoms with Crippen molar-refractivity contribution in [2.75, 3.05) is 59.4 Å². The first-order chi connectivity index (χ1) is 13.7. The number of halogens is 1. The first-order valence-corrected chi connectivity index (χ1v) is 10.5. The van der Waals surface area contributed by atoms with Gasteiger partial charge in [-0.05, 0) is 32.0 Å². The third-order valence-corrected chi connectivity index (χ3v) is 5.55. The summed E-state index contributed by atoms with van der Waals surface area (Å²) in [4.78, 5) is 14.0. The molecule has 1 aliphatic heterocycles. The van der Waals surface area contributed by atoms with Crippen molar-refractivity contribution in [1.82, 2.24) is 30.0 Å². The predicted molar refractivity (Wildman–Crippen MR) is 132 cm³/mol. The molecular weight excluding hydrogens is 477 g/mol. The van der Waals surface area contributed by atoms with Gasteiger partial charge in [0.2, 0.25) is 0 Å². The number of hydrogen-bond donors (Lipinski definition) is 2. The van der Waals surface area contributed by atoms with E-state index >= 15 is 0 Å². The standard InChI is InChI=1S/C21H35N7.HI/c1-4-26-14-16-27(17-15-26)13-11-24-21(22-3)23-10-7-12-28-18(2)25-19-8-5-6-9-20(19)28;/h5-6,8-9H,4,7,10-17H2,1-3H3,(H2,22,23,24);1H. The van der Waals surface area contributed by atoms with Crippen LogP contribution in [0.25, 0.3) is 11.0 Å². The second-order valence-corrected chi connectivity index (χ2v) is 7.35. The molecule has 1 aliphatic rings. The summed E-state index contributed by atoms with van der Waals surface area (Å²) in [5, 5.41) is 6.87. The third kappa shape index (κ3) is 6.82. The lowest BCUT2D eigenvalue weighted by Gasteiger charge is -2.34. The van der Waals surface area contributed by atoms with Crippen molar-refractivity contribution >= 4 is 41.0 Å². The maximum atomic E-state index is 4.64. The van der Waals surface area contributed by atoms with Gasteiger partial charge in [-0.2, -0.15) is 0 Å². The highest BCUT2D eigenvalue weighted by Gasteiger charge is 2.14.